The number of rotatable bonds is 4. The molecule has 0 spiro atoms. The number of benzene rings is 1. The van der Waals surface area contributed by atoms with Gasteiger partial charge in [-0.1, -0.05) is 12.1 Å². The number of amides is 1. The number of aromatic amines is 1. The zero-order chi connectivity index (χ0) is 17.2. The smallest absolute Gasteiger partial charge is 0.223 e. The minimum Gasteiger partial charge on any atom is -0.342 e. The van der Waals surface area contributed by atoms with Crippen molar-refractivity contribution in [2.45, 2.75) is 32.2 Å². The summed E-state index contributed by atoms with van der Waals surface area (Å²) in [7, 11) is 0. The Morgan fingerprint density at radius 1 is 1.28 bits per heavy atom. The summed E-state index contributed by atoms with van der Waals surface area (Å²) in [5.74, 6) is 1.17. The third-order valence-corrected chi connectivity index (χ3v) is 5.52. The quantitative estimate of drug-likeness (QED) is 0.880. The Bertz CT molecular complexity index is 749. The van der Waals surface area contributed by atoms with Crippen molar-refractivity contribution in [1.82, 2.24) is 25.1 Å². The first kappa shape index (κ1) is 16.5. The lowest BCUT2D eigenvalue weighted by atomic mass is 10.2. The number of hydrogen-bond donors (Lipinski definition) is 2. The van der Waals surface area contributed by atoms with Crippen molar-refractivity contribution < 1.29 is 4.79 Å². The molecule has 2 aromatic rings. The van der Waals surface area contributed by atoms with Gasteiger partial charge in [-0.15, -0.1) is 0 Å². The van der Waals surface area contributed by atoms with Crippen molar-refractivity contribution in [2.24, 2.45) is 0 Å². The van der Waals surface area contributed by atoms with Crippen LogP contribution in [0, 0.1) is 6.92 Å². The number of nitrogens with one attached hydrogen (secondary N) is 2. The lowest BCUT2D eigenvalue weighted by Crippen LogP contribution is -2.49. The highest BCUT2D eigenvalue weighted by atomic mass is 16.2. The van der Waals surface area contributed by atoms with Crippen LogP contribution in [0.25, 0.3) is 11.0 Å². The Hall–Kier alpha value is -1.92. The number of nitrogens with zero attached hydrogens (tertiary/aromatic N) is 3. The Balaban J connectivity index is 1.32. The topological polar surface area (TPSA) is 64.3 Å². The molecule has 2 aliphatic rings. The van der Waals surface area contributed by atoms with Gasteiger partial charge in [0.15, 0.2) is 0 Å². The van der Waals surface area contributed by atoms with Crippen LogP contribution < -0.4 is 5.32 Å². The van der Waals surface area contributed by atoms with Crippen LogP contribution in [0.2, 0.25) is 0 Å². The van der Waals surface area contributed by atoms with Gasteiger partial charge in [0.25, 0.3) is 0 Å². The van der Waals surface area contributed by atoms with Crippen molar-refractivity contribution in [1.29, 1.82) is 0 Å². The molecule has 0 aliphatic carbocycles. The largest absolute Gasteiger partial charge is 0.342 e. The molecular formula is C19H27N5O. The first-order valence-electron chi connectivity index (χ1n) is 9.37. The van der Waals surface area contributed by atoms with Crippen LogP contribution in [0.1, 0.15) is 24.2 Å². The van der Waals surface area contributed by atoms with Crippen LogP contribution in [0.4, 0.5) is 0 Å². The summed E-state index contributed by atoms with van der Waals surface area (Å²) in [6.45, 7) is 8.19. The van der Waals surface area contributed by atoms with Crippen LogP contribution in [0.5, 0.6) is 0 Å². The van der Waals surface area contributed by atoms with Gasteiger partial charge in [0.1, 0.15) is 5.82 Å². The fourth-order valence-corrected chi connectivity index (χ4v) is 4.04. The minimum atomic E-state index is 0.259. The van der Waals surface area contributed by atoms with E-state index in [1.807, 2.05) is 17.0 Å². The molecule has 0 radical (unpaired) electrons. The molecule has 2 saturated heterocycles. The second kappa shape index (κ2) is 7.14. The summed E-state index contributed by atoms with van der Waals surface area (Å²) in [6, 6.07) is 6.68. The first-order valence-corrected chi connectivity index (χ1v) is 9.37. The normalized spacial score (nSPS) is 22.0. The number of imidazole rings is 1. The molecule has 25 heavy (non-hydrogen) atoms. The van der Waals surface area contributed by atoms with Crippen molar-refractivity contribution in [3.63, 3.8) is 0 Å². The van der Waals surface area contributed by atoms with Crippen molar-refractivity contribution in [2.75, 3.05) is 39.3 Å². The second-order valence-corrected chi connectivity index (χ2v) is 7.22. The molecule has 2 fully saturated rings. The Morgan fingerprint density at radius 3 is 2.92 bits per heavy atom. The fraction of sp³-hybridized carbons (Fsp3) is 0.579. The van der Waals surface area contributed by atoms with E-state index in [4.69, 9.17) is 0 Å². The molecule has 1 unspecified atom stereocenters. The van der Waals surface area contributed by atoms with Gasteiger partial charge in [-0.2, -0.15) is 0 Å². The zero-order valence-electron chi connectivity index (χ0n) is 14.9. The van der Waals surface area contributed by atoms with Gasteiger partial charge in [-0.3, -0.25) is 9.69 Å². The first-order chi connectivity index (χ1) is 12.2. The van der Waals surface area contributed by atoms with Gasteiger partial charge < -0.3 is 15.2 Å². The van der Waals surface area contributed by atoms with Crippen LogP contribution in [0.3, 0.4) is 0 Å². The number of likely N-dealkylation sites (tertiary alicyclic amines) is 1. The SMILES string of the molecule is Cc1cccc2[nH]c(CCC(=O)N3CCC(N4CCNCC4)C3)nc12. The summed E-state index contributed by atoms with van der Waals surface area (Å²) >= 11 is 0. The van der Waals surface area contributed by atoms with Crippen LogP contribution in [-0.2, 0) is 11.2 Å². The van der Waals surface area contributed by atoms with E-state index in [1.54, 1.807) is 0 Å². The summed E-state index contributed by atoms with van der Waals surface area (Å²) in [5.41, 5.74) is 3.25. The molecule has 4 rings (SSSR count). The molecular weight excluding hydrogens is 314 g/mol. The van der Waals surface area contributed by atoms with Gasteiger partial charge in [0, 0.05) is 58.2 Å². The molecule has 6 heteroatoms. The van der Waals surface area contributed by atoms with Crippen LogP contribution in [0.15, 0.2) is 18.2 Å². The molecule has 0 saturated carbocycles. The maximum Gasteiger partial charge on any atom is 0.223 e. The van der Waals surface area contributed by atoms with Gasteiger partial charge in [-0.05, 0) is 25.0 Å². The fourth-order valence-electron chi connectivity index (χ4n) is 4.04. The van der Waals surface area contributed by atoms with E-state index in [-0.39, 0.29) is 5.91 Å². The van der Waals surface area contributed by atoms with Gasteiger partial charge in [0.2, 0.25) is 5.91 Å². The predicted molar refractivity (Wildman–Crippen MR) is 98.6 cm³/mol. The number of piperazine rings is 1. The number of aromatic nitrogens is 2. The Morgan fingerprint density at radius 2 is 2.12 bits per heavy atom. The molecule has 3 heterocycles. The minimum absolute atomic E-state index is 0.259. The molecule has 0 bridgehead atoms. The third kappa shape index (κ3) is 3.55. The molecule has 6 nitrogen and oxygen atoms in total. The standard InChI is InChI=1S/C19H27N5O/c1-14-3-2-4-16-19(14)22-17(21-16)5-6-18(25)24-10-7-15(13-24)23-11-8-20-9-12-23/h2-4,15,20H,5-13H2,1H3,(H,21,22). The van der Waals surface area contributed by atoms with E-state index in [2.05, 4.69) is 33.2 Å². The number of para-hydroxylation sites is 1. The molecule has 2 N–H and O–H groups in total. The molecule has 1 aromatic carbocycles. The Kier molecular flexibility index (Phi) is 4.72. The summed E-state index contributed by atoms with van der Waals surface area (Å²) in [6.07, 6.45) is 2.32. The monoisotopic (exact) mass is 341 g/mol. The molecule has 2 aliphatic heterocycles. The van der Waals surface area contributed by atoms with Gasteiger partial charge >= 0.3 is 0 Å². The van der Waals surface area contributed by atoms with Crippen LogP contribution >= 0.6 is 0 Å². The average molecular weight is 341 g/mol. The lowest BCUT2D eigenvalue weighted by molar-refractivity contribution is -0.130. The van der Waals surface area contributed by atoms with E-state index in [0.717, 1.165) is 62.5 Å². The molecule has 1 atom stereocenters. The van der Waals surface area contributed by atoms with E-state index in [0.29, 0.717) is 18.9 Å². The number of hydrogen-bond acceptors (Lipinski definition) is 4. The number of fused-ring (bicyclic) bond motifs is 1. The second-order valence-electron chi connectivity index (χ2n) is 7.22. The number of carbonyl (C=O) groups is 1. The van der Waals surface area contributed by atoms with Crippen molar-refractivity contribution >= 4 is 16.9 Å². The molecule has 1 aromatic heterocycles. The maximum absolute atomic E-state index is 12.6. The summed E-state index contributed by atoms with van der Waals surface area (Å²) < 4.78 is 0. The highest BCUT2D eigenvalue weighted by molar-refractivity contribution is 5.79. The van der Waals surface area contributed by atoms with E-state index < -0.39 is 0 Å². The van der Waals surface area contributed by atoms with Crippen LogP contribution in [-0.4, -0.2) is 71.0 Å². The third-order valence-electron chi connectivity index (χ3n) is 5.52. The number of H-pyrrole nitrogens is 1. The number of aryl methyl sites for hydroxylation is 2. The highest BCUT2D eigenvalue weighted by Gasteiger charge is 2.30. The predicted octanol–water partition coefficient (Wildman–Crippen LogP) is 1.31. The maximum atomic E-state index is 12.6. The highest BCUT2D eigenvalue weighted by Crippen LogP contribution is 2.19. The lowest BCUT2D eigenvalue weighted by Gasteiger charge is -2.32. The van der Waals surface area contributed by atoms with Crippen molar-refractivity contribution in [3.05, 3.63) is 29.6 Å². The number of carbonyl (C=O) groups excluding carboxylic acids is 1. The summed E-state index contributed by atoms with van der Waals surface area (Å²) in [4.78, 5) is 25.2. The molecule has 134 valence electrons. The van der Waals surface area contributed by atoms with E-state index in [9.17, 15) is 4.79 Å². The average Bonchev–Trinajstić information content (AvgIpc) is 3.28. The Labute approximate surface area is 148 Å². The zero-order valence-corrected chi connectivity index (χ0v) is 14.9. The van der Waals surface area contributed by atoms with E-state index in [1.165, 1.54) is 5.56 Å². The van der Waals surface area contributed by atoms with Gasteiger partial charge in [0.05, 0.1) is 11.0 Å². The van der Waals surface area contributed by atoms with E-state index >= 15 is 0 Å². The summed E-state index contributed by atoms with van der Waals surface area (Å²) in [5, 5.41) is 3.39. The molecule has 1 amide bonds. The van der Waals surface area contributed by atoms with Gasteiger partial charge in [-0.25, -0.2) is 4.98 Å². The van der Waals surface area contributed by atoms with Crippen molar-refractivity contribution in [3.8, 4) is 0 Å².